The number of nitrogens with one attached hydrogen (secondary N) is 1. The molecular formula is C15H20FN3O. The van der Waals surface area contributed by atoms with Gasteiger partial charge in [-0.2, -0.15) is 5.10 Å². The molecule has 1 atom stereocenters. The van der Waals surface area contributed by atoms with Gasteiger partial charge in [-0.1, -0.05) is 6.07 Å². The molecule has 1 unspecified atom stereocenters. The molecule has 1 aromatic carbocycles. The standard InChI is InChI=1S/C15H20FN3O/c1-10-7-11(19(3)18-10)8-15(17-2)13-6-5-12(20-4)9-14(13)16/h5-7,9,15,17H,8H2,1-4H3. The number of rotatable bonds is 5. The first kappa shape index (κ1) is 14.5. The summed E-state index contributed by atoms with van der Waals surface area (Å²) >= 11 is 0. The van der Waals surface area contributed by atoms with Crippen molar-refractivity contribution in [2.24, 2.45) is 7.05 Å². The number of methoxy groups -OCH3 is 1. The van der Waals surface area contributed by atoms with Gasteiger partial charge in [-0.3, -0.25) is 4.68 Å². The third kappa shape index (κ3) is 2.99. The molecule has 0 aliphatic carbocycles. The van der Waals surface area contributed by atoms with Gasteiger partial charge < -0.3 is 10.1 Å². The van der Waals surface area contributed by atoms with Crippen LogP contribution in [0, 0.1) is 12.7 Å². The predicted octanol–water partition coefficient (Wildman–Crippen LogP) is 2.38. The van der Waals surface area contributed by atoms with Crippen LogP contribution in [0.25, 0.3) is 0 Å². The molecule has 0 amide bonds. The normalized spacial score (nSPS) is 12.4. The Morgan fingerprint density at radius 2 is 2.15 bits per heavy atom. The molecule has 0 saturated heterocycles. The SMILES string of the molecule is CNC(Cc1cc(C)nn1C)c1ccc(OC)cc1F. The van der Waals surface area contributed by atoms with Crippen LogP contribution in [-0.4, -0.2) is 23.9 Å². The second kappa shape index (κ2) is 6.05. The van der Waals surface area contributed by atoms with Crippen LogP contribution in [0.1, 0.15) is 23.0 Å². The van der Waals surface area contributed by atoms with Gasteiger partial charge in [0, 0.05) is 36.8 Å². The summed E-state index contributed by atoms with van der Waals surface area (Å²) in [7, 11) is 5.26. The summed E-state index contributed by atoms with van der Waals surface area (Å²) < 4.78 is 21.0. The Labute approximate surface area is 118 Å². The molecule has 108 valence electrons. The summed E-state index contributed by atoms with van der Waals surface area (Å²) in [6, 6.07) is 6.87. The van der Waals surface area contributed by atoms with E-state index in [-0.39, 0.29) is 11.9 Å². The molecule has 1 heterocycles. The summed E-state index contributed by atoms with van der Waals surface area (Å²) in [4.78, 5) is 0. The van der Waals surface area contributed by atoms with E-state index in [4.69, 9.17) is 4.74 Å². The van der Waals surface area contributed by atoms with Crippen molar-refractivity contribution in [1.82, 2.24) is 15.1 Å². The zero-order valence-corrected chi connectivity index (χ0v) is 12.3. The van der Waals surface area contributed by atoms with E-state index >= 15 is 0 Å². The molecule has 0 fully saturated rings. The molecule has 5 heteroatoms. The summed E-state index contributed by atoms with van der Waals surface area (Å²) in [6.07, 6.45) is 0.678. The fourth-order valence-electron chi connectivity index (χ4n) is 2.35. The van der Waals surface area contributed by atoms with Gasteiger partial charge in [-0.05, 0) is 26.1 Å². The summed E-state index contributed by atoms with van der Waals surface area (Å²) in [5, 5.41) is 7.48. The van der Waals surface area contributed by atoms with E-state index in [0.29, 0.717) is 17.7 Å². The lowest BCUT2D eigenvalue weighted by Gasteiger charge is -2.18. The molecule has 0 bridgehead atoms. The Balaban J connectivity index is 2.26. The maximum absolute atomic E-state index is 14.1. The van der Waals surface area contributed by atoms with Gasteiger partial charge in [0.25, 0.3) is 0 Å². The number of aromatic nitrogens is 2. The first-order valence-electron chi connectivity index (χ1n) is 6.55. The number of likely N-dealkylation sites (N-methyl/N-ethyl adjacent to an activating group) is 1. The molecule has 1 N–H and O–H groups in total. The van der Waals surface area contributed by atoms with Gasteiger partial charge in [0.1, 0.15) is 11.6 Å². The highest BCUT2D eigenvalue weighted by molar-refractivity contribution is 5.31. The number of benzene rings is 1. The van der Waals surface area contributed by atoms with Gasteiger partial charge in [0.05, 0.1) is 12.8 Å². The Bertz CT molecular complexity index is 595. The Hall–Kier alpha value is -1.88. The summed E-state index contributed by atoms with van der Waals surface area (Å²) in [6.45, 7) is 1.95. The molecule has 4 nitrogen and oxygen atoms in total. The lowest BCUT2D eigenvalue weighted by molar-refractivity contribution is 0.409. The van der Waals surface area contributed by atoms with Crippen LogP contribution in [0.5, 0.6) is 5.75 Å². The average Bonchev–Trinajstić information content (AvgIpc) is 2.74. The second-order valence-corrected chi connectivity index (χ2v) is 4.83. The maximum Gasteiger partial charge on any atom is 0.131 e. The van der Waals surface area contributed by atoms with Crippen molar-refractivity contribution in [1.29, 1.82) is 0 Å². The first-order chi connectivity index (χ1) is 9.55. The van der Waals surface area contributed by atoms with E-state index in [1.165, 1.54) is 13.2 Å². The second-order valence-electron chi connectivity index (χ2n) is 4.83. The van der Waals surface area contributed by atoms with E-state index in [0.717, 1.165) is 11.4 Å². The van der Waals surface area contributed by atoms with E-state index < -0.39 is 0 Å². The highest BCUT2D eigenvalue weighted by Crippen LogP contribution is 2.24. The Morgan fingerprint density at radius 3 is 2.65 bits per heavy atom. The number of halogens is 1. The van der Waals surface area contributed by atoms with Crippen molar-refractivity contribution < 1.29 is 9.13 Å². The van der Waals surface area contributed by atoms with Crippen LogP contribution >= 0.6 is 0 Å². The molecule has 2 rings (SSSR count). The van der Waals surface area contributed by atoms with Crippen molar-refractivity contribution in [3.63, 3.8) is 0 Å². The van der Waals surface area contributed by atoms with E-state index in [1.54, 1.807) is 12.1 Å². The summed E-state index contributed by atoms with van der Waals surface area (Å²) in [5.74, 6) is 0.264. The monoisotopic (exact) mass is 277 g/mol. The van der Waals surface area contributed by atoms with Crippen LogP contribution in [0.15, 0.2) is 24.3 Å². The molecule has 0 aliphatic heterocycles. The van der Waals surface area contributed by atoms with Crippen molar-refractivity contribution in [2.45, 2.75) is 19.4 Å². The fourth-order valence-corrected chi connectivity index (χ4v) is 2.35. The van der Waals surface area contributed by atoms with Gasteiger partial charge in [0.15, 0.2) is 0 Å². The van der Waals surface area contributed by atoms with Crippen molar-refractivity contribution in [2.75, 3.05) is 14.2 Å². The van der Waals surface area contributed by atoms with Crippen molar-refractivity contribution in [3.05, 3.63) is 47.0 Å². The topological polar surface area (TPSA) is 39.1 Å². The zero-order chi connectivity index (χ0) is 14.7. The lowest BCUT2D eigenvalue weighted by atomic mass is 10.0. The largest absolute Gasteiger partial charge is 0.497 e. The minimum absolute atomic E-state index is 0.101. The summed E-state index contributed by atoms with van der Waals surface area (Å²) in [5.41, 5.74) is 2.66. The molecule has 2 aromatic rings. The average molecular weight is 277 g/mol. The Kier molecular flexibility index (Phi) is 4.39. The predicted molar refractivity (Wildman–Crippen MR) is 76.4 cm³/mol. The first-order valence-corrected chi connectivity index (χ1v) is 6.55. The molecular weight excluding hydrogens is 257 g/mol. The number of hydrogen-bond acceptors (Lipinski definition) is 3. The fraction of sp³-hybridized carbons (Fsp3) is 0.400. The van der Waals surface area contributed by atoms with Gasteiger partial charge in [-0.15, -0.1) is 0 Å². The molecule has 0 radical (unpaired) electrons. The number of ether oxygens (including phenoxy) is 1. The van der Waals surface area contributed by atoms with Crippen molar-refractivity contribution >= 4 is 0 Å². The number of hydrogen-bond donors (Lipinski definition) is 1. The molecule has 0 saturated carbocycles. The van der Waals surface area contributed by atoms with E-state index in [9.17, 15) is 4.39 Å². The van der Waals surface area contributed by atoms with Crippen LogP contribution in [0.4, 0.5) is 4.39 Å². The molecule has 20 heavy (non-hydrogen) atoms. The zero-order valence-electron chi connectivity index (χ0n) is 12.3. The van der Waals surface area contributed by atoms with Crippen LogP contribution in [0.3, 0.4) is 0 Å². The lowest BCUT2D eigenvalue weighted by Crippen LogP contribution is -2.21. The third-order valence-corrected chi connectivity index (χ3v) is 3.44. The van der Waals surface area contributed by atoms with Gasteiger partial charge in [0.2, 0.25) is 0 Å². The van der Waals surface area contributed by atoms with Crippen LogP contribution < -0.4 is 10.1 Å². The molecule has 0 aliphatic rings. The highest BCUT2D eigenvalue weighted by Gasteiger charge is 2.17. The molecule has 1 aromatic heterocycles. The third-order valence-electron chi connectivity index (χ3n) is 3.44. The molecule has 0 spiro atoms. The highest BCUT2D eigenvalue weighted by atomic mass is 19.1. The van der Waals surface area contributed by atoms with Crippen LogP contribution in [0.2, 0.25) is 0 Å². The minimum atomic E-state index is -0.261. The Morgan fingerprint density at radius 1 is 1.40 bits per heavy atom. The van der Waals surface area contributed by atoms with E-state index in [2.05, 4.69) is 10.4 Å². The van der Waals surface area contributed by atoms with Crippen LogP contribution in [-0.2, 0) is 13.5 Å². The minimum Gasteiger partial charge on any atom is -0.497 e. The smallest absolute Gasteiger partial charge is 0.131 e. The van der Waals surface area contributed by atoms with Gasteiger partial charge >= 0.3 is 0 Å². The maximum atomic E-state index is 14.1. The number of nitrogens with zero attached hydrogens (tertiary/aromatic N) is 2. The number of aryl methyl sites for hydroxylation is 2. The van der Waals surface area contributed by atoms with E-state index in [1.807, 2.05) is 31.8 Å². The quantitative estimate of drug-likeness (QED) is 0.912. The van der Waals surface area contributed by atoms with Gasteiger partial charge in [-0.25, -0.2) is 4.39 Å². The van der Waals surface area contributed by atoms with Crippen molar-refractivity contribution in [3.8, 4) is 5.75 Å².